The summed E-state index contributed by atoms with van der Waals surface area (Å²) in [5.74, 6) is 0.0353. The number of benzene rings is 2. The van der Waals surface area contributed by atoms with Crippen molar-refractivity contribution in [2.75, 3.05) is 20.3 Å². The van der Waals surface area contributed by atoms with E-state index in [4.69, 9.17) is 15.2 Å². The summed E-state index contributed by atoms with van der Waals surface area (Å²) in [6.45, 7) is 0.618. The van der Waals surface area contributed by atoms with Crippen molar-refractivity contribution in [3.63, 3.8) is 0 Å². The number of amides is 3. The zero-order valence-corrected chi connectivity index (χ0v) is 17.5. The summed E-state index contributed by atoms with van der Waals surface area (Å²) < 4.78 is 10.6. The molecule has 3 rings (SSSR count). The fourth-order valence-electron chi connectivity index (χ4n) is 3.61. The lowest BCUT2D eigenvalue weighted by molar-refractivity contribution is -0.138. The summed E-state index contributed by atoms with van der Waals surface area (Å²) in [7, 11) is 1.49. The van der Waals surface area contributed by atoms with Crippen molar-refractivity contribution in [2.45, 2.75) is 31.8 Å². The van der Waals surface area contributed by atoms with Crippen LogP contribution in [0, 0.1) is 0 Å². The van der Waals surface area contributed by atoms with Gasteiger partial charge in [0.1, 0.15) is 6.04 Å². The summed E-state index contributed by atoms with van der Waals surface area (Å²) in [6.07, 6.45) is 1.74. The van der Waals surface area contributed by atoms with Gasteiger partial charge in [0.15, 0.2) is 18.1 Å². The number of hydrogen-bond acceptors (Lipinski definition) is 5. The van der Waals surface area contributed by atoms with Gasteiger partial charge in [-0.15, -0.1) is 0 Å². The Kier molecular flexibility index (Phi) is 7.48. The van der Waals surface area contributed by atoms with Gasteiger partial charge in [0.05, 0.1) is 13.5 Å². The van der Waals surface area contributed by atoms with E-state index < -0.39 is 11.9 Å². The zero-order chi connectivity index (χ0) is 22.2. The van der Waals surface area contributed by atoms with Crippen molar-refractivity contribution in [1.82, 2.24) is 10.2 Å². The Balaban J connectivity index is 1.58. The van der Waals surface area contributed by atoms with Gasteiger partial charge in [-0.3, -0.25) is 14.4 Å². The topological polar surface area (TPSA) is 111 Å². The highest BCUT2D eigenvalue weighted by atomic mass is 16.5. The van der Waals surface area contributed by atoms with Crippen LogP contribution < -0.4 is 20.5 Å². The first-order valence-corrected chi connectivity index (χ1v) is 10.2. The van der Waals surface area contributed by atoms with E-state index in [2.05, 4.69) is 5.32 Å². The van der Waals surface area contributed by atoms with Crippen LogP contribution in [-0.2, 0) is 27.3 Å². The van der Waals surface area contributed by atoms with E-state index in [1.54, 1.807) is 23.1 Å². The van der Waals surface area contributed by atoms with Crippen LogP contribution in [0.3, 0.4) is 0 Å². The molecule has 1 unspecified atom stereocenters. The second kappa shape index (κ2) is 10.5. The molecular formula is C23H27N3O5. The SMILES string of the molecule is COc1cc(CNC(=O)C2CCCN2C(=O)Cc2ccccc2)ccc1OCC(N)=O. The predicted octanol–water partition coefficient (Wildman–Crippen LogP) is 1.41. The average molecular weight is 425 g/mol. The maximum absolute atomic E-state index is 12.8. The molecule has 0 aromatic heterocycles. The maximum Gasteiger partial charge on any atom is 0.255 e. The first-order chi connectivity index (χ1) is 15.0. The molecule has 1 atom stereocenters. The standard InChI is InChI=1S/C23H27N3O5/c1-30-20-12-17(9-10-19(20)31-15-21(24)27)14-25-23(29)18-8-5-11-26(18)22(28)13-16-6-3-2-4-7-16/h2-4,6-7,9-10,12,18H,5,8,11,13-15H2,1H3,(H2,24,27)(H,25,29). The fourth-order valence-corrected chi connectivity index (χ4v) is 3.61. The molecule has 1 fully saturated rings. The molecule has 1 heterocycles. The number of nitrogens with zero attached hydrogens (tertiary/aromatic N) is 1. The van der Waals surface area contributed by atoms with E-state index in [9.17, 15) is 14.4 Å². The van der Waals surface area contributed by atoms with Crippen molar-refractivity contribution in [3.05, 3.63) is 59.7 Å². The number of carbonyl (C=O) groups is 3. The lowest BCUT2D eigenvalue weighted by atomic mass is 10.1. The number of nitrogens with two attached hydrogens (primary N) is 1. The highest BCUT2D eigenvalue weighted by molar-refractivity contribution is 5.89. The molecule has 8 nitrogen and oxygen atoms in total. The van der Waals surface area contributed by atoms with E-state index >= 15 is 0 Å². The minimum absolute atomic E-state index is 0.0403. The lowest BCUT2D eigenvalue weighted by Gasteiger charge is -2.24. The molecule has 1 saturated heterocycles. The molecule has 0 radical (unpaired) electrons. The van der Waals surface area contributed by atoms with Crippen LogP contribution in [0.5, 0.6) is 11.5 Å². The van der Waals surface area contributed by atoms with Crippen molar-refractivity contribution < 1.29 is 23.9 Å². The van der Waals surface area contributed by atoms with E-state index in [1.807, 2.05) is 30.3 Å². The monoisotopic (exact) mass is 425 g/mol. The van der Waals surface area contributed by atoms with Crippen LogP contribution in [0.25, 0.3) is 0 Å². The third-order valence-electron chi connectivity index (χ3n) is 5.14. The van der Waals surface area contributed by atoms with Crippen LogP contribution in [0.15, 0.2) is 48.5 Å². The number of likely N-dealkylation sites (tertiary alicyclic amines) is 1. The minimum Gasteiger partial charge on any atom is -0.493 e. The number of ether oxygens (including phenoxy) is 2. The molecule has 0 saturated carbocycles. The second-order valence-electron chi connectivity index (χ2n) is 7.37. The molecule has 1 aliphatic heterocycles. The van der Waals surface area contributed by atoms with Crippen LogP contribution >= 0.6 is 0 Å². The molecular weight excluding hydrogens is 398 g/mol. The molecule has 0 aliphatic carbocycles. The summed E-state index contributed by atoms with van der Waals surface area (Å²) in [4.78, 5) is 38.1. The molecule has 3 amide bonds. The molecule has 2 aromatic carbocycles. The smallest absolute Gasteiger partial charge is 0.255 e. The van der Waals surface area contributed by atoms with Gasteiger partial charge in [0.2, 0.25) is 11.8 Å². The van der Waals surface area contributed by atoms with Gasteiger partial charge in [-0.1, -0.05) is 36.4 Å². The van der Waals surface area contributed by atoms with Gasteiger partial charge >= 0.3 is 0 Å². The minimum atomic E-state index is -0.582. The van der Waals surface area contributed by atoms with Crippen LogP contribution in [-0.4, -0.2) is 48.9 Å². The Morgan fingerprint density at radius 3 is 2.58 bits per heavy atom. The highest BCUT2D eigenvalue weighted by Crippen LogP contribution is 2.28. The van der Waals surface area contributed by atoms with Gasteiger partial charge in [-0.05, 0) is 36.1 Å². The van der Waals surface area contributed by atoms with Crippen molar-refractivity contribution in [3.8, 4) is 11.5 Å². The van der Waals surface area contributed by atoms with E-state index in [0.717, 1.165) is 17.5 Å². The summed E-state index contributed by atoms with van der Waals surface area (Å²) in [5.41, 5.74) is 6.83. The number of hydrogen-bond donors (Lipinski definition) is 2. The normalized spacial score (nSPS) is 15.4. The number of methoxy groups -OCH3 is 1. The van der Waals surface area contributed by atoms with Gasteiger partial charge in [-0.25, -0.2) is 0 Å². The first kappa shape index (κ1) is 22.1. The highest BCUT2D eigenvalue weighted by Gasteiger charge is 2.33. The van der Waals surface area contributed by atoms with Gasteiger partial charge in [0.25, 0.3) is 5.91 Å². The summed E-state index contributed by atoms with van der Waals surface area (Å²) in [5, 5.41) is 2.91. The van der Waals surface area contributed by atoms with E-state index in [1.165, 1.54) is 7.11 Å². The number of rotatable bonds is 9. The molecule has 31 heavy (non-hydrogen) atoms. The Morgan fingerprint density at radius 2 is 1.87 bits per heavy atom. The van der Waals surface area contributed by atoms with E-state index in [-0.39, 0.29) is 31.4 Å². The Morgan fingerprint density at radius 1 is 1.10 bits per heavy atom. The second-order valence-corrected chi connectivity index (χ2v) is 7.37. The fraction of sp³-hybridized carbons (Fsp3) is 0.348. The van der Waals surface area contributed by atoms with E-state index in [0.29, 0.717) is 24.5 Å². The molecule has 1 aliphatic rings. The Labute approximate surface area is 181 Å². The third-order valence-corrected chi connectivity index (χ3v) is 5.14. The molecule has 8 heteroatoms. The van der Waals surface area contributed by atoms with Crippen LogP contribution in [0.1, 0.15) is 24.0 Å². The molecule has 164 valence electrons. The van der Waals surface area contributed by atoms with Gasteiger partial charge < -0.3 is 25.4 Å². The first-order valence-electron chi connectivity index (χ1n) is 10.2. The average Bonchev–Trinajstić information content (AvgIpc) is 3.27. The third kappa shape index (κ3) is 5.97. The predicted molar refractivity (Wildman–Crippen MR) is 114 cm³/mol. The van der Waals surface area contributed by atoms with Crippen LogP contribution in [0.4, 0.5) is 0 Å². The van der Waals surface area contributed by atoms with Gasteiger partial charge in [-0.2, -0.15) is 0 Å². The Hall–Kier alpha value is -3.55. The Bertz CT molecular complexity index is 932. The largest absolute Gasteiger partial charge is 0.493 e. The number of primary amides is 1. The van der Waals surface area contributed by atoms with Crippen LogP contribution in [0.2, 0.25) is 0 Å². The number of carbonyl (C=O) groups excluding carboxylic acids is 3. The van der Waals surface area contributed by atoms with Gasteiger partial charge in [0, 0.05) is 13.1 Å². The molecule has 0 bridgehead atoms. The summed E-state index contributed by atoms with van der Waals surface area (Å²) in [6, 6.07) is 14.2. The summed E-state index contributed by atoms with van der Waals surface area (Å²) >= 11 is 0. The maximum atomic E-state index is 12.8. The molecule has 2 aromatic rings. The van der Waals surface area contributed by atoms with Crippen molar-refractivity contribution in [1.29, 1.82) is 0 Å². The van der Waals surface area contributed by atoms with Crippen molar-refractivity contribution in [2.24, 2.45) is 5.73 Å². The molecule has 0 spiro atoms. The quantitative estimate of drug-likeness (QED) is 0.631. The van der Waals surface area contributed by atoms with Crippen molar-refractivity contribution >= 4 is 17.7 Å². The molecule has 3 N–H and O–H groups in total. The lowest BCUT2D eigenvalue weighted by Crippen LogP contribution is -2.46. The zero-order valence-electron chi connectivity index (χ0n) is 17.5. The number of nitrogens with one attached hydrogen (secondary N) is 1.